The Labute approximate surface area is 154 Å². The number of rotatable bonds is 5. The van der Waals surface area contributed by atoms with Crippen LogP contribution in [0.5, 0.6) is 0 Å². The third-order valence-electron chi connectivity index (χ3n) is 5.16. The highest BCUT2D eigenvalue weighted by atomic mass is 16.1. The van der Waals surface area contributed by atoms with Crippen molar-refractivity contribution < 1.29 is 4.79 Å². The Morgan fingerprint density at radius 2 is 1.77 bits per heavy atom. The maximum atomic E-state index is 12.2. The molecule has 1 aliphatic heterocycles. The second-order valence-electron chi connectivity index (χ2n) is 7.27. The molecule has 5 nitrogen and oxygen atoms in total. The number of piperazine rings is 1. The Morgan fingerprint density at radius 1 is 1.04 bits per heavy atom. The fraction of sp³-hybridized carbons (Fsp3) is 0.381. The summed E-state index contributed by atoms with van der Waals surface area (Å²) >= 11 is 0. The van der Waals surface area contributed by atoms with E-state index in [1.165, 1.54) is 5.56 Å². The lowest BCUT2D eigenvalue weighted by atomic mass is 10.1. The number of anilines is 2. The van der Waals surface area contributed by atoms with E-state index in [4.69, 9.17) is 5.73 Å². The highest BCUT2D eigenvalue weighted by molar-refractivity contribution is 5.96. The molecule has 2 aromatic rings. The van der Waals surface area contributed by atoms with Gasteiger partial charge in [0.05, 0.1) is 11.4 Å². The number of hydrogen-bond acceptors (Lipinski definition) is 4. The van der Waals surface area contributed by atoms with Crippen LogP contribution in [0.1, 0.15) is 28.8 Å². The zero-order valence-electron chi connectivity index (χ0n) is 15.0. The van der Waals surface area contributed by atoms with E-state index in [1.807, 2.05) is 18.2 Å². The second-order valence-corrected chi connectivity index (χ2v) is 7.27. The average Bonchev–Trinajstić information content (AvgIpc) is 3.47. The monoisotopic (exact) mass is 350 g/mol. The van der Waals surface area contributed by atoms with Gasteiger partial charge in [-0.05, 0) is 36.6 Å². The summed E-state index contributed by atoms with van der Waals surface area (Å²) in [4.78, 5) is 17.0. The third kappa shape index (κ3) is 3.99. The van der Waals surface area contributed by atoms with Crippen LogP contribution in [0.2, 0.25) is 0 Å². The zero-order valence-corrected chi connectivity index (χ0v) is 15.0. The van der Waals surface area contributed by atoms with Crippen LogP contribution in [-0.2, 0) is 6.54 Å². The van der Waals surface area contributed by atoms with Gasteiger partial charge < -0.3 is 16.0 Å². The lowest BCUT2D eigenvalue weighted by molar-refractivity contribution is 0.0951. The minimum atomic E-state index is -0.0153. The molecule has 1 aliphatic carbocycles. The van der Waals surface area contributed by atoms with Crippen molar-refractivity contribution in [3.63, 3.8) is 0 Å². The van der Waals surface area contributed by atoms with Gasteiger partial charge in [0.15, 0.2) is 0 Å². The summed E-state index contributed by atoms with van der Waals surface area (Å²) in [6.45, 7) is 4.91. The van der Waals surface area contributed by atoms with Crippen molar-refractivity contribution in [1.82, 2.24) is 10.2 Å². The molecule has 0 spiro atoms. The summed E-state index contributed by atoms with van der Waals surface area (Å²) < 4.78 is 0. The first-order chi connectivity index (χ1) is 12.7. The van der Waals surface area contributed by atoms with Crippen molar-refractivity contribution in [3.05, 3.63) is 59.7 Å². The largest absolute Gasteiger partial charge is 0.397 e. The number of nitrogen functional groups attached to an aromatic ring is 1. The number of nitrogens with zero attached hydrogens (tertiary/aromatic N) is 2. The standard InChI is InChI=1S/C21H26N4O/c22-19-14-17(21(26)23-18-7-8-18)6-9-20(19)25-12-10-24(11-13-25)15-16-4-2-1-3-5-16/h1-6,9,14,18H,7-8,10-13,15,22H2,(H,23,26). The molecule has 0 unspecified atom stereocenters. The van der Waals surface area contributed by atoms with Crippen molar-refractivity contribution >= 4 is 17.3 Å². The lowest BCUT2D eigenvalue weighted by Crippen LogP contribution is -2.46. The predicted molar refractivity (Wildman–Crippen MR) is 105 cm³/mol. The topological polar surface area (TPSA) is 61.6 Å². The molecule has 3 N–H and O–H groups in total. The Balaban J connectivity index is 1.35. The van der Waals surface area contributed by atoms with Crippen LogP contribution >= 0.6 is 0 Å². The molecule has 1 saturated carbocycles. The van der Waals surface area contributed by atoms with Gasteiger partial charge in [-0.3, -0.25) is 9.69 Å². The van der Waals surface area contributed by atoms with Gasteiger partial charge in [0.2, 0.25) is 0 Å². The summed E-state index contributed by atoms with van der Waals surface area (Å²) in [5, 5.41) is 3.01. The van der Waals surface area contributed by atoms with E-state index in [0.717, 1.165) is 51.3 Å². The van der Waals surface area contributed by atoms with Crippen LogP contribution in [-0.4, -0.2) is 43.0 Å². The van der Waals surface area contributed by atoms with Gasteiger partial charge in [-0.15, -0.1) is 0 Å². The molecule has 2 aromatic carbocycles. The van der Waals surface area contributed by atoms with E-state index in [2.05, 4.69) is 45.4 Å². The summed E-state index contributed by atoms with van der Waals surface area (Å²) in [6.07, 6.45) is 2.18. The first kappa shape index (κ1) is 16.9. The molecule has 1 saturated heterocycles. The fourth-order valence-corrected chi connectivity index (χ4v) is 3.47. The van der Waals surface area contributed by atoms with E-state index in [-0.39, 0.29) is 5.91 Å². The average molecular weight is 350 g/mol. The molecule has 2 fully saturated rings. The van der Waals surface area contributed by atoms with Crippen molar-refractivity contribution in [2.45, 2.75) is 25.4 Å². The Morgan fingerprint density at radius 3 is 2.42 bits per heavy atom. The van der Waals surface area contributed by atoms with Gasteiger partial charge in [-0.1, -0.05) is 30.3 Å². The molecule has 1 heterocycles. The summed E-state index contributed by atoms with van der Waals surface area (Å²) in [6, 6.07) is 16.6. The van der Waals surface area contributed by atoms with Crippen LogP contribution in [0.4, 0.5) is 11.4 Å². The number of carbonyl (C=O) groups is 1. The van der Waals surface area contributed by atoms with Crippen molar-refractivity contribution in [2.75, 3.05) is 36.8 Å². The lowest BCUT2D eigenvalue weighted by Gasteiger charge is -2.36. The first-order valence-corrected chi connectivity index (χ1v) is 9.40. The molecule has 2 aliphatic rings. The third-order valence-corrected chi connectivity index (χ3v) is 5.16. The number of carbonyl (C=O) groups excluding carboxylic acids is 1. The molecular weight excluding hydrogens is 324 g/mol. The van der Waals surface area contributed by atoms with Crippen LogP contribution in [0.3, 0.4) is 0 Å². The second kappa shape index (κ2) is 7.38. The molecule has 0 atom stereocenters. The molecule has 5 heteroatoms. The molecule has 0 aromatic heterocycles. The minimum absolute atomic E-state index is 0.0153. The van der Waals surface area contributed by atoms with Crippen molar-refractivity contribution in [1.29, 1.82) is 0 Å². The summed E-state index contributed by atoms with van der Waals surface area (Å²) in [5.41, 5.74) is 9.99. The van der Waals surface area contributed by atoms with Crippen molar-refractivity contribution in [3.8, 4) is 0 Å². The molecule has 136 valence electrons. The van der Waals surface area contributed by atoms with E-state index in [1.54, 1.807) is 0 Å². The first-order valence-electron chi connectivity index (χ1n) is 9.40. The maximum Gasteiger partial charge on any atom is 0.251 e. The Hall–Kier alpha value is -2.53. The fourth-order valence-electron chi connectivity index (χ4n) is 3.47. The van der Waals surface area contributed by atoms with Crippen LogP contribution in [0, 0.1) is 0 Å². The molecule has 4 rings (SSSR count). The SMILES string of the molecule is Nc1cc(C(=O)NC2CC2)ccc1N1CCN(Cc2ccccc2)CC1. The van der Waals surface area contributed by atoms with Gasteiger partial charge in [-0.25, -0.2) is 0 Å². The predicted octanol–water partition coefficient (Wildman–Crippen LogP) is 2.48. The molecule has 1 amide bonds. The van der Waals surface area contributed by atoms with Crippen LogP contribution in [0.15, 0.2) is 48.5 Å². The van der Waals surface area contributed by atoms with Gasteiger partial charge >= 0.3 is 0 Å². The van der Waals surface area contributed by atoms with E-state index in [9.17, 15) is 4.79 Å². The quantitative estimate of drug-likeness (QED) is 0.814. The van der Waals surface area contributed by atoms with Gasteiger partial charge in [-0.2, -0.15) is 0 Å². The molecule has 0 radical (unpaired) electrons. The number of nitrogens with two attached hydrogens (primary N) is 1. The number of amides is 1. The number of nitrogens with one attached hydrogen (secondary N) is 1. The summed E-state index contributed by atoms with van der Waals surface area (Å²) in [7, 11) is 0. The van der Waals surface area contributed by atoms with E-state index < -0.39 is 0 Å². The normalized spacial score (nSPS) is 17.9. The van der Waals surface area contributed by atoms with Crippen LogP contribution in [0.25, 0.3) is 0 Å². The molecule has 0 bridgehead atoms. The number of hydrogen-bond donors (Lipinski definition) is 2. The van der Waals surface area contributed by atoms with Gasteiger partial charge in [0, 0.05) is 44.3 Å². The Kier molecular flexibility index (Phi) is 4.80. The van der Waals surface area contributed by atoms with Gasteiger partial charge in [0.1, 0.15) is 0 Å². The molecular formula is C21H26N4O. The number of benzene rings is 2. The highest BCUT2D eigenvalue weighted by Crippen LogP contribution is 2.26. The summed E-state index contributed by atoms with van der Waals surface area (Å²) in [5.74, 6) is -0.0153. The van der Waals surface area contributed by atoms with Gasteiger partial charge in [0.25, 0.3) is 5.91 Å². The van der Waals surface area contributed by atoms with E-state index in [0.29, 0.717) is 17.3 Å². The van der Waals surface area contributed by atoms with Crippen LogP contribution < -0.4 is 16.0 Å². The minimum Gasteiger partial charge on any atom is -0.397 e. The van der Waals surface area contributed by atoms with E-state index >= 15 is 0 Å². The zero-order chi connectivity index (χ0) is 17.9. The Bertz CT molecular complexity index is 765. The highest BCUT2D eigenvalue weighted by Gasteiger charge is 2.24. The van der Waals surface area contributed by atoms with Crippen molar-refractivity contribution in [2.24, 2.45) is 0 Å². The smallest absolute Gasteiger partial charge is 0.251 e. The maximum absolute atomic E-state index is 12.2. The molecule has 26 heavy (non-hydrogen) atoms.